The topological polar surface area (TPSA) is 83.3 Å². The number of hydrogen-bond acceptors (Lipinski definition) is 3. The van der Waals surface area contributed by atoms with Gasteiger partial charge in [-0.25, -0.2) is 4.98 Å². The first-order valence-corrected chi connectivity index (χ1v) is 3.03. The van der Waals surface area contributed by atoms with E-state index in [9.17, 15) is 10.1 Å². The summed E-state index contributed by atoms with van der Waals surface area (Å²) in [6.45, 7) is 1.75. The van der Waals surface area contributed by atoms with Crippen molar-refractivity contribution in [3.05, 3.63) is 27.9 Å². The molecule has 0 aliphatic carbocycles. The van der Waals surface area contributed by atoms with E-state index in [-0.39, 0.29) is 11.5 Å². The van der Waals surface area contributed by atoms with Crippen molar-refractivity contribution >= 4 is 11.5 Å². The highest BCUT2D eigenvalue weighted by molar-refractivity contribution is 5.48. The molecule has 0 saturated heterocycles. The van der Waals surface area contributed by atoms with E-state index in [1.807, 2.05) is 0 Å². The Morgan fingerprint density at radius 2 is 2.36 bits per heavy atom. The van der Waals surface area contributed by atoms with Gasteiger partial charge in [-0.05, 0) is 12.5 Å². The van der Waals surface area contributed by atoms with E-state index >= 15 is 0 Å². The molecular formula is C6H8N3O2+. The number of nitrogens with zero attached hydrogens (tertiary/aromatic N) is 1. The molecule has 1 aromatic heterocycles. The third-order valence-corrected chi connectivity index (χ3v) is 1.29. The quantitative estimate of drug-likeness (QED) is 0.466. The van der Waals surface area contributed by atoms with Crippen LogP contribution in [0.15, 0.2) is 12.3 Å². The largest absolute Gasteiger partial charge is 0.357 e. The Labute approximate surface area is 63.0 Å². The van der Waals surface area contributed by atoms with Crippen LogP contribution in [0.25, 0.3) is 0 Å². The van der Waals surface area contributed by atoms with Crippen molar-refractivity contribution in [2.45, 2.75) is 6.92 Å². The second kappa shape index (κ2) is 2.53. The fraction of sp³-hybridized carbons (Fsp3) is 0.167. The average molecular weight is 154 g/mol. The molecule has 0 fully saturated rings. The van der Waals surface area contributed by atoms with E-state index in [4.69, 9.17) is 5.73 Å². The maximum absolute atomic E-state index is 10.3. The highest BCUT2D eigenvalue weighted by Gasteiger charge is 2.16. The molecule has 0 aliphatic heterocycles. The number of nitrogens with one attached hydrogen (secondary N) is 1. The molecule has 3 N–H and O–H groups in total. The van der Waals surface area contributed by atoms with Crippen LogP contribution in [0.3, 0.4) is 0 Å². The minimum Gasteiger partial charge on any atom is -0.281 e. The van der Waals surface area contributed by atoms with Gasteiger partial charge in [-0.2, -0.15) is 0 Å². The Balaban J connectivity index is 3.23. The van der Waals surface area contributed by atoms with Crippen LogP contribution in [0.2, 0.25) is 0 Å². The second-order valence-electron chi connectivity index (χ2n) is 2.23. The average Bonchev–Trinajstić information content (AvgIpc) is 1.94. The Morgan fingerprint density at radius 1 is 1.73 bits per heavy atom. The monoisotopic (exact) mass is 154 g/mol. The van der Waals surface area contributed by atoms with Gasteiger partial charge in [0.1, 0.15) is 0 Å². The van der Waals surface area contributed by atoms with E-state index in [1.165, 1.54) is 6.07 Å². The van der Waals surface area contributed by atoms with Gasteiger partial charge in [-0.15, -0.1) is 0 Å². The second-order valence-corrected chi connectivity index (χ2v) is 2.23. The lowest BCUT2D eigenvalue weighted by molar-refractivity contribution is -0.409. The van der Waals surface area contributed by atoms with Crippen molar-refractivity contribution in [3.63, 3.8) is 0 Å². The number of H-pyrrole nitrogens is 1. The van der Waals surface area contributed by atoms with E-state index in [2.05, 4.69) is 4.98 Å². The summed E-state index contributed by atoms with van der Waals surface area (Å²) >= 11 is 0. The van der Waals surface area contributed by atoms with Gasteiger partial charge < -0.3 is 0 Å². The molecule has 0 spiro atoms. The number of nitrogens with two attached hydrogens (primary N) is 1. The molecule has 0 aromatic carbocycles. The van der Waals surface area contributed by atoms with Gasteiger partial charge >= 0.3 is 11.5 Å². The van der Waals surface area contributed by atoms with Crippen LogP contribution < -0.4 is 10.7 Å². The van der Waals surface area contributed by atoms with Gasteiger partial charge in [-0.3, -0.25) is 15.8 Å². The molecule has 5 heteroatoms. The molecule has 0 atom stereocenters. The maximum atomic E-state index is 10.3. The summed E-state index contributed by atoms with van der Waals surface area (Å²) in [7, 11) is 0. The van der Waals surface area contributed by atoms with Crippen LogP contribution in [0.5, 0.6) is 0 Å². The Morgan fingerprint density at radius 3 is 2.82 bits per heavy atom. The van der Waals surface area contributed by atoms with E-state index in [0.717, 1.165) is 5.56 Å². The first-order chi connectivity index (χ1) is 5.11. The zero-order chi connectivity index (χ0) is 8.43. The van der Waals surface area contributed by atoms with E-state index in [1.54, 1.807) is 13.1 Å². The molecule has 0 unspecified atom stereocenters. The molecular weight excluding hydrogens is 146 g/mol. The van der Waals surface area contributed by atoms with Crippen LogP contribution in [0.4, 0.5) is 11.5 Å². The lowest BCUT2D eigenvalue weighted by atomic mass is 10.3. The van der Waals surface area contributed by atoms with Crippen LogP contribution in [-0.4, -0.2) is 4.92 Å². The van der Waals surface area contributed by atoms with Crippen molar-refractivity contribution in [1.29, 1.82) is 0 Å². The van der Waals surface area contributed by atoms with E-state index in [0.29, 0.717) is 0 Å². The summed E-state index contributed by atoms with van der Waals surface area (Å²) in [5.74, 6) is 0.0839. The summed E-state index contributed by atoms with van der Waals surface area (Å²) in [5, 5.41) is 10.3. The molecule has 5 nitrogen and oxygen atoms in total. The third kappa shape index (κ3) is 1.43. The molecule has 1 heterocycles. The summed E-state index contributed by atoms with van der Waals surface area (Å²) in [5.41, 5.74) is 6.00. The standard InChI is InChI=1S/C6H7N3O2/c1-4-2-5(9(10)11)6(7)8-3-4/h2-3H,1H3,(H2,7,8)/p+1. The van der Waals surface area contributed by atoms with Gasteiger partial charge in [0.2, 0.25) is 0 Å². The highest BCUT2D eigenvalue weighted by atomic mass is 16.6. The first-order valence-electron chi connectivity index (χ1n) is 3.03. The Kier molecular flexibility index (Phi) is 1.72. The summed E-state index contributed by atoms with van der Waals surface area (Å²) < 4.78 is 0. The number of hydrogen-bond donors (Lipinski definition) is 1. The maximum Gasteiger partial charge on any atom is 0.357 e. The molecule has 0 radical (unpaired) electrons. The summed E-state index contributed by atoms with van der Waals surface area (Å²) in [6.07, 6.45) is 1.61. The molecule has 11 heavy (non-hydrogen) atoms. The Hall–Kier alpha value is -1.65. The SMILES string of the molecule is Cc1c[nH+]c(N)c([N+](=O)[O-])c1. The number of nitro groups is 1. The van der Waals surface area contributed by atoms with Gasteiger partial charge in [-0.1, -0.05) is 0 Å². The van der Waals surface area contributed by atoms with Crippen molar-refractivity contribution in [2.75, 3.05) is 5.73 Å². The number of aromatic nitrogens is 1. The van der Waals surface area contributed by atoms with Crippen molar-refractivity contribution < 1.29 is 9.91 Å². The molecule has 1 rings (SSSR count). The Bertz CT molecular complexity index is 298. The molecule has 0 aliphatic rings. The van der Waals surface area contributed by atoms with Crippen molar-refractivity contribution in [3.8, 4) is 0 Å². The summed E-state index contributed by atoms with van der Waals surface area (Å²) in [4.78, 5) is 12.4. The normalized spacial score (nSPS) is 9.55. The number of aryl methyl sites for hydroxylation is 1. The van der Waals surface area contributed by atoms with E-state index < -0.39 is 4.92 Å². The van der Waals surface area contributed by atoms with Crippen molar-refractivity contribution in [1.82, 2.24) is 0 Å². The van der Waals surface area contributed by atoms with Gasteiger partial charge in [0.25, 0.3) is 0 Å². The predicted molar refractivity (Wildman–Crippen MR) is 38.8 cm³/mol. The fourth-order valence-electron chi connectivity index (χ4n) is 0.752. The smallest absolute Gasteiger partial charge is 0.281 e. The fourth-order valence-corrected chi connectivity index (χ4v) is 0.752. The third-order valence-electron chi connectivity index (χ3n) is 1.29. The number of pyridine rings is 1. The minimum absolute atomic E-state index is 0.0787. The van der Waals surface area contributed by atoms with Crippen molar-refractivity contribution in [2.24, 2.45) is 0 Å². The zero-order valence-electron chi connectivity index (χ0n) is 6.00. The lowest BCUT2D eigenvalue weighted by Crippen LogP contribution is -2.12. The molecule has 0 amide bonds. The van der Waals surface area contributed by atoms with Gasteiger partial charge in [0, 0.05) is 6.07 Å². The number of aromatic amines is 1. The molecule has 1 aromatic rings. The van der Waals surface area contributed by atoms with Crippen LogP contribution >= 0.6 is 0 Å². The predicted octanol–water partition coefficient (Wildman–Crippen LogP) is 0.300. The zero-order valence-corrected chi connectivity index (χ0v) is 6.00. The number of anilines is 1. The molecule has 58 valence electrons. The highest BCUT2D eigenvalue weighted by Crippen LogP contribution is 2.15. The lowest BCUT2D eigenvalue weighted by Gasteiger charge is -1.91. The number of nitrogen functional groups attached to an aromatic ring is 1. The molecule has 0 saturated carbocycles. The van der Waals surface area contributed by atoms with Crippen LogP contribution in [0.1, 0.15) is 5.56 Å². The number of rotatable bonds is 1. The molecule has 0 bridgehead atoms. The minimum atomic E-state index is -0.515. The van der Waals surface area contributed by atoms with Crippen LogP contribution in [-0.2, 0) is 0 Å². The van der Waals surface area contributed by atoms with Gasteiger partial charge in [0.15, 0.2) is 0 Å². The van der Waals surface area contributed by atoms with Gasteiger partial charge in [0.05, 0.1) is 11.1 Å². The summed E-state index contributed by atoms with van der Waals surface area (Å²) in [6, 6.07) is 1.42. The first kappa shape index (κ1) is 7.46. The van der Waals surface area contributed by atoms with Crippen LogP contribution in [0, 0.1) is 17.0 Å².